The Labute approximate surface area is 92.5 Å². The van der Waals surface area contributed by atoms with Crippen LogP contribution in [0, 0.1) is 0 Å². The molecule has 4 heteroatoms. The van der Waals surface area contributed by atoms with Gasteiger partial charge in [0, 0.05) is 12.1 Å². The van der Waals surface area contributed by atoms with Crippen LogP contribution < -0.4 is 0 Å². The summed E-state index contributed by atoms with van der Waals surface area (Å²) in [6.45, 7) is 0. The Bertz CT molecular complexity index is 555. The fourth-order valence-corrected chi connectivity index (χ4v) is 2.03. The van der Waals surface area contributed by atoms with E-state index in [1.807, 2.05) is 28.8 Å². The number of nitrogens with zero attached hydrogens (tertiary/aromatic N) is 2. The van der Waals surface area contributed by atoms with Gasteiger partial charge in [0.15, 0.2) is 0 Å². The summed E-state index contributed by atoms with van der Waals surface area (Å²) in [5.74, 6) is 0.718. The molecule has 0 aromatic carbocycles. The number of aromatic nitrogens is 2. The van der Waals surface area contributed by atoms with E-state index in [4.69, 9.17) is 5.11 Å². The van der Waals surface area contributed by atoms with Crippen molar-refractivity contribution in [2.24, 2.45) is 0 Å². The van der Waals surface area contributed by atoms with Gasteiger partial charge < -0.3 is 9.51 Å². The molecule has 0 amide bonds. The molecule has 0 atom stereocenters. The molecule has 0 saturated heterocycles. The fourth-order valence-electron chi connectivity index (χ4n) is 2.03. The van der Waals surface area contributed by atoms with E-state index in [0.29, 0.717) is 11.6 Å². The molecule has 0 radical (unpaired) electrons. The number of carboxylic acids is 1. The summed E-state index contributed by atoms with van der Waals surface area (Å²) in [5, 5.41) is 8.84. The second-order valence-electron chi connectivity index (χ2n) is 4.22. The van der Waals surface area contributed by atoms with Crippen LogP contribution in [0.15, 0.2) is 24.4 Å². The third kappa shape index (κ3) is 1.46. The summed E-state index contributed by atoms with van der Waals surface area (Å²) in [4.78, 5) is 15.2. The van der Waals surface area contributed by atoms with Crippen LogP contribution in [-0.4, -0.2) is 20.5 Å². The minimum absolute atomic E-state index is 0.000231. The number of imidazole rings is 1. The zero-order valence-corrected chi connectivity index (χ0v) is 8.76. The number of aliphatic carboxylic acids is 1. The Balaban J connectivity index is 2.16. The molecule has 0 spiro atoms. The van der Waals surface area contributed by atoms with E-state index in [1.54, 1.807) is 0 Å². The zero-order chi connectivity index (χ0) is 11.1. The highest BCUT2D eigenvalue weighted by Gasteiger charge is 2.29. The van der Waals surface area contributed by atoms with E-state index in [0.717, 1.165) is 11.3 Å². The maximum absolute atomic E-state index is 10.8. The molecule has 2 aromatic rings. The van der Waals surface area contributed by atoms with Gasteiger partial charge in [0.25, 0.3) is 0 Å². The first-order valence-corrected chi connectivity index (χ1v) is 5.43. The maximum atomic E-state index is 10.8. The Morgan fingerprint density at radius 1 is 1.50 bits per heavy atom. The molecule has 1 N–H and O–H groups in total. The van der Waals surface area contributed by atoms with Crippen molar-refractivity contribution in [3.63, 3.8) is 0 Å². The second-order valence-corrected chi connectivity index (χ2v) is 4.22. The van der Waals surface area contributed by atoms with Crippen LogP contribution in [0.3, 0.4) is 0 Å². The number of pyridine rings is 1. The van der Waals surface area contributed by atoms with E-state index >= 15 is 0 Å². The molecular formula is C12H12N2O2. The highest BCUT2D eigenvalue weighted by atomic mass is 16.4. The minimum Gasteiger partial charge on any atom is -0.481 e. The molecule has 0 unspecified atom stereocenters. The quantitative estimate of drug-likeness (QED) is 0.851. The molecule has 4 nitrogen and oxygen atoms in total. The van der Waals surface area contributed by atoms with Crippen molar-refractivity contribution < 1.29 is 9.90 Å². The molecule has 2 aromatic heterocycles. The molecule has 1 saturated carbocycles. The van der Waals surface area contributed by atoms with E-state index in [2.05, 4.69) is 4.98 Å². The molecule has 3 rings (SSSR count). The number of hydrogen-bond acceptors (Lipinski definition) is 2. The summed E-state index contributed by atoms with van der Waals surface area (Å²) in [6, 6.07) is 5.79. The summed E-state index contributed by atoms with van der Waals surface area (Å²) < 4.78 is 2.02. The van der Waals surface area contributed by atoms with E-state index in [-0.39, 0.29) is 6.42 Å². The number of hydrogen-bond donors (Lipinski definition) is 1. The van der Waals surface area contributed by atoms with Crippen molar-refractivity contribution in [1.29, 1.82) is 0 Å². The average Bonchev–Trinajstić information content (AvgIpc) is 3.03. The van der Waals surface area contributed by atoms with Gasteiger partial charge in [-0.25, -0.2) is 4.98 Å². The lowest BCUT2D eigenvalue weighted by atomic mass is 10.2. The largest absolute Gasteiger partial charge is 0.481 e. The predicted molar refractivity (Wildman–Crippen MR) is 58.5 cm³/mol. The Morgan fingerprint density at radius 2 is 2.31 bits per heavy atom. The van der Waals surface area contributed by atoms with Crippen LogP contribution in [0.2, 0.25) is 0 Å². The molecule has 1 aliphatic rings. The van der Waals surface area contributed by atoms with Gasteiger partial charge in [0.2, 0.25) is 0 Å². The van der Waals surface area contributed by atoms with Gasteiger partial charge in [-0.3, -0.25) is 4.79 Å². The van der Waals surface area contributed by atoms with Gasteiger partial charge in [-0.1, -0.05) is 6.07 Å². The Morgan fingerprint density at radius 3 is 3.00 bits per heavy atom. The normalized spacial score (nSPS) is 15.5. The van der Waals surface area contributed by atoms with Crippen LogP contribution in [0.1, 0.15) is 30.3 Å². The topological polar surface area (TPSA) is 54.6 Å². The monoisotopic (exact) mass is 216 g/mol. The van der Waals surface area contributed by atoms with Gasteiger partial charge in [-0.05, 0) is 25.0 Å². The zero-order valence-electron chi connectivity index (χ0n) is 8.76. The molecule has 1 aliphatic carbocycles. The van der Waals surface area contributed by atoms with Crippen LogP contribution in [0.4, 0.5) is 0 Å². The molecule has 1 fully saturated rings. The first-order valence-electron chi connectivity index (χ1n) is 5.43. The van der Waals surface area contributed by atoms with Gasteiger partial charge in [0.05, 0.1) is 17.6 Å². The molecule has 16 heavy (non-hydrogen) atoms. The summed E-state index contributed by atoms with van der Waals surface area (Å²) in [6.07, 6.45) is 4.29. The number of carbonyl (C=O) groups is 1. The lowest BCUT2D eigenvalue weighted by molar-refractivity contribution is -0.136. The lowest BCUT2D eigenvalue weighted by Gasteiger charge is -1.97. The van der Waals surface area contributed by atoms with Gasteiger partial charge in [-0.2, -0.15) is 0 Å². The number of rotatable bonds is 3. The molecule has 82 valence electrons. The first-order chi connectivity index (χ1) is 7.75. The highest BCUT2D eigenvalue weighted by molar-refractivity contribution is 5.73. The van der Waals surface area contributed by atoms with Crippen LogP contribution >= 0.6 is 0 Å². The van der Waals surface area contributed by atoms with Gasteiger partial charge in [0.1, 0.15) is 5.82 Å². The van der Waals surface area contributed by atoms with E-state index in [1.165, 1.54) is 12.8 Å². The lowest BCUT2D eigenvalue weighted by Crippen LogP contribution is -2.00. The van der Waals surface area contributed by atoms with Crippen molar-refractivity contribution in [2.75, 3.05) is 0 Å². The SMILES string of the molecule is O=C(O)Cc1nc(C2CC2)n2ccccc12. The summed E-state index contributed by atoms with van der Waals surface area (Å²) >= 11 is 0. The van der Waals surface area contributed by atoms with Crippen molar-refractivity contribution >= 4 is 11.5 Å². The van der Waals surface area contributed by atoms with E-state index in [9.17, 15) is 4.79 Å². The van der Waals surface area contributed by atoms with Gasteiger partial charge >= 0.3 is 5.97 Å². The Kier molecular flexibility index (Phi) is 1.96. The van der Waals surface area contributed by atoms with Crippen molar-refractivity contribution in [3.8, 4) is 0 Å². The third-order valence-corrected chi connectivity index (χ3v) is 2.91. The molecular weight excluding hydrogens is 204 g/mol. The standard InChI is InChI=1S/C12H12N2O2/c15-11(16)7-9-10-3-1-2-6-14(10)12(13-9)8-4-5-8/h1-3,6,8H,4-5,7H2,(H,15,16). The van der Waals surface area contributed by atoms with Crippen molar-refractivity contribution in [2.45, 2.75) is 25.2 Å². The van der Waals surface area contributed by atoms with Crippen molar-refractivity contribution in [3.05, 3.63) is 35.9 Å². The number of carboxylic acid groups (broad SMARTS) is 1. The predicted octanol–water partition coefficient (Wildman–Crippen LogP) is 1.84. The average molecular weight is 216 g/mol. The van der Waals surface area contributed by atoms with Gasteiger partial charge in [-0.15, -0.1) is 0 Å². The summed E-state index contributed by atoms with van der Waals surface area (Å²) in [5.41, 5.74) is 1.60. The Hall–Kier alpha value is -1.84. The van der Waals surface area contributed by atoms with Crippen molar-refractivity contribution in [1.82, 2.24) is 9.38 Å². The molecule has 0 bridgehead atoms. The second kappa shape index (κ2) is 3.33. The third-order valence-electron chi connectivity index (χ3n) is 2.91. The first kappa shape index (κ1) is 9.39. The van der Waals surface area contributed by atoms with Crippen LogP contribution in [-0.2, 0) is 11.2 Å². The van der Waals surface area contributed by atoms with E-state index < -0.39 is 5.97 Å². The maximum Gasteiger partial charge on any atom is 0.309 e. The summed E-state index contributed by atoms with van der Waals surface area (Å²) in [7, 11) is 0. The fraction of sp³-hybridized carbons (Fsp3) is 0.333. The molecule has 0 aliphatic heterocycles. The van der Waals surface area contributed by atoms with Crippen LogP contribution in [0.5, 0.6) is 0 Å². The molecule has 2 heterocycles. The minimum atomic E-state index is -0.828. The number of fused-ring (bicyclic) bond motifs is 1. The van der Waals surface area contributed by atoms with Crippen LogP contribution in [0.25, 0.3) is 5.52 Å². The smallest absolute Gasteiger partial charge is 0.309 e. The highest BCUT2D eigenvalue weighted by Crippen LogP contribution is 2.39.